The first-order valence-corrected chi connectivity index (χ1v) is 21.5. The van der Waals surface area contributed by atoms with Crippen LogP contribution in [0.25, 0.3) is 0 Å². The van der Waals surface area contributed by atoms with Crippen LogP contribution in [0.15, 0.2) is 144 Å². The second-order valence-corrected chi connectivity index (χ2v) is 15.5. The maximum atomic E-state index is 13.8. The minimum absolute atomic E-state index is 0.0366. The number of nitro benzene ring substituents is 2. The van der Waals surface area contributed by atoms with Gasteiger partial charge in [0.1, 0.15) is 41.2 Å². The highest BCUT2D eigenvalue weighted by molar-refractivity contribution is 5.83. The van der Waals surface area contributed by atoms with Crippen molar-refractivity contribution >= 4 is 23.3 Å². The molecule has 1 aliphatic heterocycles. The predicted molar refractivity (Wildman–Crippen MR) is 246 cm³/mol. The number of ether oxygens (including phenoxy) is 7. The molecule has 68 heavy (non-hydrogen) atoms. The van der Waals surface area contributed by atoms with E-state index in [0.717, 1.165) is 26.8 Å². The fraction of sp³-hybridized carbons (Fsp3) is 0.286. The number of carbonyl (C=O) groups is 1. The molecule has 0 bridgehead atoms. The first-order chi connectivity index (χ1) is 32.9. The molecule has 1 aliphatic rings. The van der Waals surface area contributed by atoms with Crippen molar-refractivity contribution in [1.29, 1.82) is 0 Å². The number of aliphatic hydroxyl groups excluding tert-OH is 1. The van der Waals surface area contributed by atoms with Gasteiger partial charge in [-0.25, -0.2) is 9.59 Å². The van der Waals surface area contributed by atoms with E-state index in [1.54, 1.807) is 45.4 Å². The topological polar surface area (TPSA) is 235 Å². The van der Waals surface area contributed by atoms with E-state index in [-0.39, 0.29) is 43.4 Å². The molecular weight excluding hydrogens is 883 g/mol. The van der Waals surface area contributed by atoms with Crippen LogP contribution in [0.3, 0.4) is 0 Å². The first-order valence-electron chi connectivity index (χ1n) is 21.5. The Balaban J connectivity index is 1.13. The molecule has 1 amide bonds. The molecule has 0 saturated carbocycles. The third kappa shape index (κ3) is 11.5. The van der Waals surface area contributed by atoms with E-state index in [2.05, 4.69) is 10.3 Å². The molecule has 0 radical (unpaired) electrons. The van der Waals surface area contributed by atoms with Crippen LogP contribution >= 0.6 is 0 Å². The number of amides is 1. The zero-order chi connectivity index (χ0) is 48.2. The summed E-state index contributed by atoms with van der Waals surface area (Å²) in [4.78, 5) is 51.6. The molecule has 6 aromatic rings. The van der Waals surface area contributed by atoms with Gasteiger partial charge in [0.15, 0.2) is 12.5 Å². The molecule has 354 valence electrons. The van der Waals surface area contributed by atoms with Crippen molar-refractivity contribution < 1.29 is 52.9 Å². The van der Waals surface area contributed by atoms with Gasteiger partial charge >= 0.3 is 11.8 Å². The quantitative estimate of drug-likeness (QED) is 0.0316. The summed E-state index contributed by atoms with van der Waals surface area (Å²) in [5.74, 6) is 1.13. The van der Waals surface area contributed by atoms with Gasteiger partial charge in [-0.05, 0) is 71.5 Å². The molecule has 1 fully saturated rings. The molecule has 2 heterocycles. The first kappa shape index (κ1) is 48.4. The molecule has 5 atom stereocenters. The average molecular weight is 932 g/mol. The van der Waals surface area contributed by atoms with E-state index in [0.29, 0.717) is 23.5 Å². The highest BCUT2D eigenvalue weighted by Crippen LogP contribution is 2.43. The van der Waals surface area contributed by atoms with Crippen molar-refractivity contribution in [2.75, 3.05) is 39.4 Å². The van der Waals surface area contributed by atoms with Gasteiger partial charge in [0.05, 0.1) is 43.9 Å². The SMILES string of the molecule is COc1ccc(C(OC[C@H]2O[C@@H](n3ccc(NC(=O)OCCc4ccc([N+](=O)[O-])cc4)nc3=O)[C@H](OC(C)OCCc3ccc([N+](=O)[O-])cc3)[C@@H]2O)(c2ccccc2)c2ccc(OC)cc2)cc1. The zero-order valence-corrected chi connectivity index (χ0v) is 37.2. The third-order valence-corrected chi connectivity index (χ3v) is 11.3. The van der Waals surface area contributed by atoms with Crippen molar-refractivity contribution in [1.82, 2.24) is 9.55 Å². The largest absolute Gasteiger partial charge is 0.497 e. The number of anilines is 1. The number of nitrogens with zero attached hydrogens (tertiary/aromatic N) is 4. The normalized spacial score (nSPS) is 17.2. The van der Waals surface area contributed by atoms with E-state index >= 15 is 0 Å². The highest BCUT2D eigenvalue weighted by Gasteiger charge is 2.49. The van der Waals surface area contributed by atoms with Crippen LogP contribution in [-0.4, -0.2) is 89.2 Å². The second-order valence-electron chi connectivity index (χ2n) is 15.5. The van der Waals surface area contributed by atoms with Crippen LogP contribution in [0.4, 0.5) is 22.0 Å². The number of hydrogen-bond acceptors (Lipinski definition) is 15. The van der Waals surface area contributed by atoms with E-state index in [4.69, 9.17) is 33.2 Å². The molecular formula is C49H49N5O14. The van der Waals surface area contributed by atoms with Crippen molar-refractivity contribution in [2.24, 2.45) is 0 Å². The molecule has 1 unspecified atom stereocenters. The maximum Gasteiger partial charge on any atom is 0.412 e. The number of nitro groups is 2. The van der Waals surface area contributed by atoms with Crippen LogP contribution in [0.5, 0.6) is 11.5 Å². The molecule has 1 saturated heterocycles. The lowest BCUT2D eigenvalue weighted by Gasteiger charge is -2.37. The van der Waals surface area contributed by atoms with Crippen LogP contribution in [0.1, 0.15) is 41.0 Å². The van der Waals surface area contributed by atoms with Crippen molar-refractivity contribution in [2.45, 2.75) is 56.2 Å². The molecule has 2 N–H and O–H groups in total. The number of rotatable bonds is 21. The third-order valence-electron chi connectivity index (χ3n) is 11.3. The Morgan fingerprint density at radius 2 is 1.31 bits per heavy atom. The Labute approximate surface area is 390 Å². The van der Waals surface area contributed by atoms with Crippen LogP contribution < -0.4 is 20.5 Å². The number of methoxy groups -OCH3 is 2. The van der Waals surface area contributed by atoms with Crippen LogP contribution in [-0.2, 0) is 42.1 Å². The molecule has 5 aromatic carbocycles. The second kappa shape index (κ2) is 22.3. The average Bonchev–Trinajstić information content (AvgIpc) is 3.65. The summed E-state index contributed by atoms with van der Waals surface area (Å²) in [6, 6.07) is 37.7. The van der Waals surface area contributed by atoms with Crippen molar-refractivity contribution in [3.63, 3.8) is 0 Å². The predicted octanol–water partition coefficient (Wildman–Crippen LogP) is 7.13. The Morgan fingerprint density at radius 3 is 1.82 bits per heavy atom. The summed E-state index contributed by atoms with van der Waals surface area (Å²) in [6.45, 7) is 1.48. The number of aliphatic hydroxyl groups is 1. The summed E-state index contributed by atoms with van der Waals surface area (Å²) in [5, 5.41) is 36.6. The van der Waals surface area contributed by atoms with Crippen LogP contribution in [0.2, 0.25) is 0 Å². The summed E-state index contributed by atoms with van der Waals surface area (Å²) >= 11 is 0. The number of carbonyl (C=O) groups excluding carboxylic acids is 1. The lowest BCUT2D eigenvalue weighted by Crippen LogP contribution is -2.42. The molecule has 0 aliphatic carbocycles. The van der Waals surface area contributed by atoms with E-state index in [1.807, 2.05) is 78.9 Å². The molecule has 7 rings (SSSR count). The van der Waals surface area contributed by atoms with Gasteiger partial charge in [-0.2, -0.15) is 4.98 Å². The summed E-state index contributed by atoms with van der Waals surface area (Å²) in [6.07, 6.45) is -4.86. The van der Waals surface area contributed by atoms with Gasteiger partial charge in [-0.3, -0.25) is 30.1 Å². The van der Waals surface area contributed by atoms with Gasteiger partial charge in [-0.1, -0.05) is 78.9 Å². The van der Waals surface area contributed by atoms with E-state index in [9.17, 15) is 34.9 Å². The number of non-ortho nitro benzene ring substituents is 2. The van der Waals surface area contributed by atoms with E-state index in [1.165, 1.54) is 36.5 Å². The van der Waals surface area contributed by atoms with Gasteiger partial charge in [0, 0.05) is 36.9 Å². The van der Waals surface area contributed by atoms with Crippen LogP contribution in [0, 0.1) is 20.2 Å². The number of aromatic nitrogens is 2. The Morgan fingerprint density at radius 1 is 0.779 bits per heavy atom. The fourth-order valence-electron chi connectivity index (χ4n) is 7.76. The van der Waals surface area contributed by atoms with Gasteiger partial charge in [0.25, 0.3) is 11.4 Å². The Bertz CT molecular complexity index is 2640. The number of hydrogen-bond donors (Lipinski definition) is 2. The highest BCUT2D eigenvalue weighted by atomic mass is 16.7. The fourth-order valence-corrected chi connectivity index (χ4v) is 7.76. The van der Waals surface area contributed by atoms with Gasteiger partial charge in [0.2, 0.25) is 0 Å². The minimum atomic E-state index is -1.41. The molecule has 0 spiro atoms. The lowest BCUT2D eigenvalue weighted by atomic mass is 9.80. The zero-order valence-electron chi connectivity index (χ0n) is 37.2. The van der Waals surface area contributed by atoms with Gasteiger partial charge in [-0.15, -0.1) is 0 Å². The standard InChI is InChI=1S/C49H49N5O14/c1-32(64-29-26-33-9-17-38(18-10-33)53(58)59)67-45-44(55)42(68-46(45)52-28-25-43(50-47(52)56)51-48(57)65-30-27-34-11-19-39(20-12-34)54(60)61)31-66-49(35-7-5-4-6-8-35,36-13-21-40(62-2)22-14-36)37-15-23-41(63-3)24-16-37/h4-25,28,32,42,44-46,55H,26-27,29-31H2,1-3H3,(H,50,51,56,57)/t32?,42-,44-,45-,46-/m1/s1. The number of benzene rings is 5. The van der Waals surface area contributed by atoms with Crippen molar-refractivity contribution in [3.05, 3.63) is 198 Å². The van der Waals surface area contributed by atoms with Gasteiger partial charge < -0.3 is 38.3 Å². The Hall–Kier alpha value is -7.55. The van der Waals surface area contributed by atoms with E-state index < -0.39 is 58.1 Å². The summed E-state index contributed by atoms with van der Waals surface area (Å²) in [5.41, 5.74) is 1.48. The number of nitrogens with one attached hydrogen (secondary N) is 1. The molecule has 19 heteroatoms. The molecule has 1 aromatic heterocycles. The smallest absolute Gasteiger partial charge is 0.412 e. The molecule has 19 nitrogen and oxygen atoms in total. The van der Waals surface area contributed by atoms with Crippen molar-refractivity contribution in [3.8, 4) is 11.5 Å². The summed E-state index contributed by atoms with van der Waals surface area (Å²) < 4.78 is 43.2. The Kier molecular flexibility index (Phi) is 15.9. The minimum Gasteiger partial charge on any atom is -0.497 e. The monoisotopic (exact) mass is 931 g/mol. The summed E-state index contributed by atoms with van der Waals surface area (Å²) in [7, 11) is 3.15. The maximum absolute atomic E-state index is 13.8. The lowest BCUT2D eigenvalue weighted by molar-refractivity contribution is -0.385.